The molecular formula is C11H20N2O+2. The average molecular weight is 196 g/mol. The SMILES string of the molecule is COc1ccc([C@H](C[NH3+])[NH+](C)C)cc1. The summed E-state index contributed by atoms with van der Waals surface area (Å²) in [6.07, 6.45) is 0. The number of quaternary nitrogens is 2. The fraction of sp³-hybridized carbons (Fsp3) is 0.455. The van der Waals surface area contributed by atoms with E-state index in [9.17, 15) is 0 Å². The summed E-state index contributed by atoms with van der Waals surface area (Å²) in [5, 5.41) is 0. The van der Waals surface area contributed by atoms with E-state index in [0.29, 0.717) is 6.04 Å². The zero-order chi connectivity index (χ0) is 10.6. The number of methoxy groups -OCH3 is 1. The summed E-state index contributed by atoms with van der Waals surface area (Å²) < 4.78 is 5.12. The summed E-state index contributed by atoms with van der Waals surface area (Å²) in [6.45, 7) is 0.911. The Bertz CT molecular complexity index is 269. The molecule has 0 amide bonds. The Balaban J connectivity index is 2.84. The van der Waals surface area contributed by atoms with Crippen LogP contribution in [0.4, 0.5) is 0 Å². The van der Waals surface area contributed by atoms with Crippen molar-refractivity contribution in [1.29, 1.82) is 0 Å². The van der Waals surface area contributed by atoms with E-state index in [0.717, 1.165) is 12.3 Å². The lowest BCUT2D eigenvalue weighted by molar-refractivity contribution is -0.899. The molecule has 1 aromatic carbocycles. The maximum Gasteiger partial charge on any atom is 0.162 e. The highest BCUT2D eigenvalue weighted by Crippen LogP contribution is 2.14. The lowest BCUT2D eigenvalue weighted by Crippen LogP contribution is -3.07. The summed E-state index contributed by atoms with van der Waals surface area (Å²) in [4.78, 5) is 1.41. The second-order valence-electron chi connectivity index (χ2n) is 3.69. The van der Waals surface area contributed by atoms with Gasteiger partial charge in [0, 0.05) is 5.56 Å². The predicted octanol–water partition coefficient (Wildman–Crippen LogP) is -0.877. The number of nitrogens with one attached hydrogen (secondary N) is 1. The van der Waals surface area contributed by atoms with Crippen molar-refractivity contribution in [2.75, 3.05) is 27.7 Å². The van der Waals surface area contributed by atoms with Crippen LogP contribution in [0, 0.1) is 0 Å². The highest BCUT2D eigenvalue weighted by Gasteiger charge is 2.17. The highest BCUT2D eigenvalue weighted by molar-refractivity contribution is 5.28. The zero-order valence-electron chi connectivity index (χ0n) is 9.21. The summed E-state index contributed by atoms with van der Waals surface area (Å²) in [7, 11) is 5.99. The van der Waals surface area contributed by atoms with Gasteiger partial charge in [-0.2, -0.15) is 0 Å². The van der Waals surface area contributed by atoms with Crippen molar-refractivity contribution in [3.05, 3.63) is 29.8 Å². The van der Waals surface area contributed by atoms with Gasteiger partial charge in [0.2, 0.25) is 0 Å². The van der Waals surface area contributed by atoms with E-state index >= 15 is 0 Å². The van der Waals surface area contributed by atoms with E-state index in [4.69, 9.17) is 4.74 Å². The number of likely N-dealkylation sites (N-methyl/N-ethyl adjacent to an activating group) is 1. The van der Waals surface area contributed by atoms with E-state index in [1.165, 1.54) is 10.5 Å². The smallest absolute Gasteiger partial charge is 0.162 e. The van der Waals surface area contributed by atoms with Gasteiger partial charge in [-0.15, -0.1) is 0 Å². The molecule has 0 aliphatic rings. The number of rotatable bonds is 4. The van der Waals surface area contributed by atoms with E-state index in [-0.39, 0.29) is 0 Å². The van der Waals surface area contributed by atoms with Crippen LogP contribution in [-0.2, 0) is 0 Å². The molecule has 14 heavy (non-hydrogen) atoms. The molecule has 3 nitrogen and oxygen atoms in total. The topological polar surface area (TPSA) is 41.3 Å². The Morgan fingerprint density at radius 3 is 2.21 bits per heavy atom. The normalized spacial score (nSPS) is 12.9. The second kappa shape index (κ2) is 4.98. The minimum absolute atomic E-state index is 0.473. The first kappa shape index (κ1) is 11.0. The third-order valence-electron chi connectivity index (χ3n) is 2.50. The number of ether oxygens (including phenoxy) is 1. The number of hydrogen-bond donors (Lipinski definition) is 2. The predicted molar refractivity (Wildman–Crippen MR) is 56.3 cm³/mol. The Labute approximate surface area is 85.5 Å². The van der Waals surface area contributed by atoms with Gasteiger partial charge in [-0.05, 0) is 24.3 Å². The maximum atomic E-state index is 5.12. The Morgan fingerprint density at radius 1 is 1.29 bits per heavy atom. The van der Waals surface area contributed by atoms with Gasteiger partial charge in [-0.3, -0.25) is 0 Å². The van der Waals surface area contributed by atoms with Gasteiger partial charge in [0.1, 0.15) is 12.3 Å². The lowest BCUT2D eigenvalue weighted by atomic mass is 10.1. The molecule has 0 aromatic heterocycles. The van der Waals surface area contributed by atoms with Gasteiger partial charge in [-0.25, -0.2) is 0 Å². The van der Waals surface area contributed by atoms with Gasteiger partial charge in [-0.1, -0.05) is 0 Å². The molecular weight excluding hydrogens is 176 g/mol. The lowest BCUT2D eigenvalue weighted by Gasteiger charge is -2.18. The van der Waals surface area contributed by atoms with Crippen LogP contribution >= 0.6 is 0 Å². The van der Waals surface area contributed by atoms with Crippen LogP contribution in [0.2, 0.25) is 0 Å². The highest BCUT2D eigenvalue weighted by atomic mass is 16.5. The standard InChI is InChI=1S/C11H18N2O/c1-13(2)11(8-12)9-4-6-10(14-3)7-5-9/h4-7,11H,8,12H2,1-3H3/p+2/t11-/m0/s1. The van der Waals surface area contributed by atoms with Crippen molar-refractivity contribution in [3.8, 4) is 5.75 Å². The van der Waals surface area contributed by atoms with Gasteiger partial charge >= 0.3 is 0 Å². The van der Waals surface area contributed by atoms with Crippen molar-refractivity contribution in [1.82, 2.24) is 0 Å². The van der Waals surface area contributed by atoms with Crippen molar-refractivity contribution in [2.24, 2.45) is 0 Å². The molecule has 0 radical (unpaired) electrons. The average Bonchev–Trinajstić information content (AvgIpc) is 2.19. The van der Waals surface area contributed by atoms with Crippen molar-refractivity contribution < 1.29 is 15.4 Å². The van der Waals surface area contributed by atoms with E-state index in [2.05, 4.69) is 32.0 Å². The largest absolute Gasteiger partial charge is 0.497 e. The maximum absolute atomic E-state index is 5.12. The summed E-state index contributed by atoms with van der Waals surface area (Å²) in [5.74, 6) is 0.908. The summed E-state index contributed by atoms with van der Waals surface area (Å²) >= 11 is 0. The van der Waals surface area contributed by atoms with E-state index in [1.54, 1.807) is 7.11 Å². The molecule has 0 aliphatic carbocycles. The molecule has 0 saturated heterocycles. The van der Waals surface area contributed by atoms with Crippen LogP contribution in [0.5, 0.6) is 5.75 Å². The quantitative estimate of drug-likeness (QED) is 0.645. The fourth-order valence-electron chi connectivity index (χ4n) is 1.62. The minimum Gasteiger partial charge on any atom is -0.497 e. The van der Waals surface area contributed by atoms with Gasteiger partial charge < -0.3 is 15.4 Å². The molecule has 4 N–H and O–H groups in total. The number of benzene rings is 1. The van der Waals surface area contributed by atoms with Crippen LogP contribution in [0.1, 0.15) is 11.6 Å². The van der Waals surface area contributed by atoms with Gasteiger partial charge in [0.05, 0.1) is 21.2 Å². The van der Waals surface area contributed by atoms with Gasteiger partial charge in [0.25, 0.3) is 0 Å². The molecule has 0 spiro atoms. The Morgan fingerprint density at radius 2 is 1.86 bits per heavy atom. The molecule has 1 atom stereocenters. The van der Waals surface area contributed by atoms with E-state index < -0.39 is 0 Å². The first-order valence-electron chi connectivity index (χ1n) is 4.92. The van der Waals surface area contributed by atoms with Crippen LogP contribution in [0.15, 0.2) is 24.3 Å². The molecule has 3 heteroatoms. The van der Waals surface area contributed by atoms with E-state index in [1.807, 2.05) is 12.1 Å². The third kappa shape index (κ3) is 2.47. The first-order chi connectivity index (χ1) is 6.69. The molecule has 0 unspecified atom stereocenters. The monoisotopic (exact) mass is 196 g/mol. The van der Waals surface area contributed by atoms with Gasteiger partial charge in [0.15, 0.2) is 6.04 Å². The molecule has 1 rings (SSSR count). The molecule has 78 valence electrons. The minimum atomic E-state index is 0.473. The molecule has 0 aliphatic heterocycles. The summed E-state index contributed by atoms with van der Waals surface area (Å²) in [5.41, 5.74) is 5.29. The molecule has 0 heterocycles. The van der Waals surface area contributed by atoms with Crippen LogP contribution in [0.25, 0.3) is 0 Å². The Hall–Kier alpha value is -1.06. The molecule has 0 bridgehead atoms. The van der Waals surface area contributed by atoms with Crippen LogP contribution in [0.3, 0.4) is 0 Å². The molecule has 1 aromatic rings. The van der Waals surface area contributed by atoms with Crippen LogP contribution in [-0.4, -0.2) is 27.7 Å². The van der Waals surface area contributed by atoms with Crippen molar-refractivity contribution in [2.45, 2.75) is 6.04 Å². The second-order valence-corrected chi connectivity index (χ2v) is 3.69. The van der Waals surface area contributed by atoms with Crippen molar-refractivity contribution in [3.63, 3.8) is 0 Å². The molecule has 0 fully saturated rings. The third-order valence-corrected chi connectivity index (χ3v) is 2.50. The van der Waals surface area contributed by atoms with Crippen molar-refractivity contribution >= 4 is 0 Å². The zero-order valence-corrected chi connectivity index (χ0v) is 9.21. The first-order valence-corrected chi connectivity index (χ1v) is 4.92. The Kier molecular flexibility index (Phi) is 3.92. The fourth-order valence-corrected chi connectivity index (χ4v) is 1.62. The number of hydrogen-bond acceptors (Lipinski definition) is 1. The summed E-state index contributed by atoms with van der Waals surface area (Å²) in [6, 6.07) is 8.70. The van der Waals surface area contributed by atoms with Crippen LogP contribution < -0.4 is 15.4 Å². The molecule has 0 saturated carbocycles.